The molecule has 11 heteroatoms. The minimum atomic E-state index is -0.259. The molecular formula is C24H20Cl2N6O2S. The second kappa shape index (κ2) is 10.2. The Morgan fingerprint density at radius 1 is 1.06 bits per heavy atom. The maximum absolute atomic E-state index is 12.2. The highest BCUT2D eigenvalue weighted by atomic mass is 35.5. The van der Waals surface area contributed by atoms with Gasteiger partial charge in [0.15, 0.2) is 11.0 Å². The van der Waals surface area contributed by atoms with Crippen molar-refractivity contribution < 1.29 is 9.53 Å². The molecule has 4 aromatic rings. The molecule has 1 aromatic carbocycles. The molecule has 0 atom stereocenters. The number of benzene rings is 1. The van der Waals surface area contributed by atoms with Crippen molar-refractivity contribution in [3.05, 3.63) is 58.8 Å². The number of methoxy groups -OCH3 is 1. The molecule has 1 aliphatic carbocycles. The third-order valence-electron chi connectivity index (χ3n) is 5.55. The highest BCUT2D eigenvalue weighted by Crippen LogP contribution is 2.39. The lowest BCUT2D eigenvalue weighted by Gasteiger charge is -2.26. The van der Waals surface area contributed by atoms with Gasteiger partial charge in [0.05, 0.1) is 33.4 Å². The summed E-state index contributed by atoms with van der Waals surface area (Å²) in [6, 6.07) is 10.6. The Bertz CT molecular complexity index is 1350. The Morgan fingerprint density at radius 2 is 1.83 bits per heavy atom. The minimum absolute atomic E-state index is 0.235. The van der Waals surface area contributed by atoms with Crippen molar-refractivity contribution in [3.63, 3.8) is 0 Å². The average molecular weight is 527 g/mol. The number of rotatable bonds is 6. The van der Waals surface area contributed by atoms with Crippen molar-refractivity contribution in [1.82, 2.24) is 25.3 Å². The molecule has 35 heavy (non-hydrogen) atoms. The van der Waals surface area contributed by atoms with Crippen LogP contribution in [0.2, 0.25) is 10.0 Å². The van der Waals surface area contributed by atoms with Crippen LogP contribution in [0.3, 0.4) is 0 Å². The predicted molar refractivity (Wildman–Crippen MR) is 138 cm³/mol. The molecule has 0 aliphatic heterocycles. The number of hydrogen-bond acceptors (Lipinski definition) is 7. The summed E-state index contributed by atoms with van der Waals surface area (Å²) in [5.41, 5.74) is 2.28. The summed E-state index contributed by atoms with van der Waals surface area (Å²) < 4.78 is 5.26. The molecule has 8 nitrogen and oxygen atoms in total. The fourth-order valence-electron chi connectivity index (χ4n) is 3.55. The molecule has 0 unspecified atom stereocenters. The lowest BCUT2D eigenvalue weighted by Crippen LogP contribution is -2.41. The largest absolute Gasteiger partial charge is 0.497 e. The van der Waals surface area contributed by atoms with E-state index in [0.29, 0.717) is 49.4 Å². The number of carbonyl (C=O) groups is 1. The van der Waals surface area contributed by atoms with E-state index in [1.807, 2.05) is 18.2 Å². The smallest absolute Gasteiger partial charge is 0.321 e. The maximum Gasteiger partial charge on any atom is 0.321 e. The van der Waals surface area contributed by atoms with Crippen LogP contribution in [0, 0.1) is 0 Å². The molecule has 3 aromatic heterocycles. The zero-order valence-electron chi connectivity index (χ0n) is 18.6. The Hall–Kier alpha value is -3.27. The van der Waals surface area contributed by atoms with Crippen LogP contribution >= 0.6 is 34.5 Å². The molecule has 0 saturated heterocycles. The number of halogens is 2. The fourth-order valence-corrected chi connectivity index (χ4v) is 4.98. The molecule has 2 amide bonds. The summed E-state index contributed by atoms with van der Waals surface area (Å²) >= 11 is 14.4. The van der Waals surface area contributed by atoms with Crippen LogP contribution in [-0.4, -0.2) is 39.1 Å². The van der Waals surface area contributed by atoms with E-state index in [-0.39, 0.29) is 12.1 Å². The van der Waals surface area contributed by atoms with E-state index in [9.17, 15) is 4.79 Å². The molecule has 1 aliphatic rings. The molecule has 3 heterocycles. The summed E-state index contributed by atoms with van der Waals surface area (Å²) in [5, 5.41) is 7.00. The van der Waals surface area contributed by atoms with Crippen LogP contribution in [0.15, 0.2) is 48.8 Å². The number of amides is 2. The number of hydrogen-bond donors (Lipinski definition) is 2. The number of pyridine rings is 1. The van der Waals surface area contributed by atoms with Gasteiger partial charge in [-0.1, -0.05) is 40.6 Å². The van der Waals surface area contributed by atoms with Crippen LogP contribution < -0.4 is 15.4 Å². The molecule has 0 bridgehead atoms. The predicted octanol–water partition coefficient (Wildman–Crippen LogP) is 6.32. The van der Waals surface area contributed by atoms with Gasteiger partial charge in [-0.05, 0) is 49.6 Å². The Labute approximate surface area is 215 Å². The van der Waals surface area contributed by atoms with Crippen LogP contribution in [-0.2, 0) is 0 Å². The summed E-state index contributed by atoms with van der Waals surface area (Å²) in [6.45, 7) is 0. The molecule has 5 rings (SSSR count). The summed E-state index contributed by atoms with van der Waals surface area (Å²) in [7, 11) is 1.55. The normalized spacial score (nSPS) is 13.2. The van der Waals surface area contributed by atoms with Gasteiger partial charge < -0.3 is 10.1 Å². The van der Waals surface area contributed by atoms with Crippen molar-refractivity contribution in [2.45, 2.75) is 25.3 Å². The number of nitrogens with zero attached hydrogens (tertiary/aromatic N) is 4. The molecule has 0 spiro atoms. The molecule has 1 fully saturated rings. The second-order valence-corrected chi connectivity index (χ2v) is 9.74. The van der Waals surface area contributed by atoms with Crippen molar-refractivity contribution >= 4 is 45.7 Å². The Kier molecular flexibility index (Phi) is 6.81. The number of ether oxygens (including phenoxy) is 1. The van der Waals surface area contributed by atoms with Crippen molar-refractivity contribution in [1.29, 1.82) is 0 Å². The van der Waals surface area contributed by atoms with Gasteiger partial charge in [-0.15, -0.1) is 0 Å². The Morgan fingerprint density at radius 3 is 2.49 bits per heavy atom. The van der Waals surface area contributed by atoms with Gasteiger partial charge in [0.2, 0.25) is 0 Å². The van der Waals surface area contributed by atoms with E-state index in [4.69, 9.17) is 37.9 Å². The van der Waals surface area contributed by atoms with Crippen LogP contribution in [0.4, 0.5) is 9.93 Å². The zero-order valence-corrected chi connectivity index (χ0v) is 20.9. The lowest BCUT2D eigenvalue weighted by atomic mass is 9.93. The quantitative estimate of drug-likeness (QED) is 0.304. The number of urea groups is 1. The van der Waals surface area contributed by atoms with Crippen molar-refractivity contribution in [2.24, 2.45) is 0 Å². The number of anilines is 1. The Balaban J connectivity index is 1.53. The number of thiazole rings is 1. The number of carbonyl (C=O) groups excluding carboxylic acids is 1. The van der Waals surface area contributed by atoms with Gasteiger partial charge >= 0.3 is 6.03 Å². The van der Waals surface area contributed by atoms with Crippen LogP contribution in [0.25, 0.3) is 33.3 Å². The standard InChI is InChI=1S/C24H20Cl2N6O2S/c1-34-14-9-15(25)21(16(26)10-14)19-11-18(30-22(31-19)17-7-2-3-8-27-17)20-12-28-24(35-20)32-23(33)29-13-5-4-6-13/h2-3,7-13H,4-6H2,1H3,(H2,28,29,32,33). The lowest BCUT2D eigenvalue weighted by molar-refractivity contribution is 0.240. The summed E-state index contributed by atoms with van der Waals surface area (Å²) in [5.74, 6) is 0.952. The SMILES string of the molecule is COc1cc(Cl)c(-c2cc(-c3cnc(NC(=O)NC4CCC4)s3)nc(-c3ccccn3)n2)c(Cl)c1. The van der Waals surface area contributed by atoms with E-state index in [2.05, 4.69) is 20.6 Å². The third-order valence-corrected chi connectivity index (χ3v) is 7.08. The van der Waals surface area contributed by atoms with Gasteiger partial charge in [0.25, 0.3) is 0 Å². The van der Waals surface area contributed by atoms with Crippen LogP contribution in [0.1, 0.15) is 19.3 Å². The monoisotopic (exact) mass is 526 g/mol. The molecule has 2 N–H and O–H groups in total. The first-order valence-corrected chi connectivity index (χ1v) is 12.4. The highest BCUT2D eigenvalue weighted by molar-refractivity contribution is 7.19. The van der Waals surface area contributed by atoms with E-state index >= 15 is 0 Å². The van der Waals surface area contributed by atoms with Gasteiger partial charge in [0, 0.05) is 24.0 Å². The summed E-state index contributed by atoms with van der Waals surface area (Å²) in [6.07, 6.45) is 6.49. The molecule has 1 saturated carbocycles. The first kappa shape index (κ1) is 23.5. The van der Waals surface area contributed by atoms with Gasteiger partial charge in [-0.2, -0.15) is 0 Å². The van der Waals surface area contributed by atoms with E-state index in [1.165, 1.54) is 11.3 Å². The summed E-state index contributed by atoms with van der Waals surface area (Å²) in [4.78, 5) is 31.1. The van der Waals surface area contributed by atoms with Gasteiger partial charge in [-0.3, -0.25) is 10.3 Å². The topological polar surface area (TPSA) is 102 Å². The minimum Gasteiger partial charge on any atom is -0.497 e. The van der Waals surface area contributed by atoms with Gasteiger partial charge in [0.1, 0.15) is 11.4 Å². The van der Waals surface area contributed by atoms with Crippen molar-refractivity contribution in [2.75, 3.05) is 12.4 Å². The second-order valence-electron chi connectivity index (χ2n) is 7.90. The maximum atomic E-state index is 12.2. The fraction of sp³-hybridized carbons (Fsp3) is 0.208. The number of nitrogens with one attached hydrogen (secondary N) is 2. The van der Waals surface area contributed by atoms with E-state index in [1.54, 1.807) is 37.7 Å². The number of aromatic nitrogens is 4. The van der Waals surface area contributed by atoms with Gasteiger partial charge in [-0.25, -0.2) is 19.7 Å². The van der Waals surface area contributed by atoms with E-state index < -0.39 is 0 Å². The average Bonchev–Trinajstić information content (AvgIpc) is 3.30. The molecular weight excluding hydrogens is 507 g/mol. The first-order chi connectivity index (χ1) is 17.0. The first-order valence-electron chi connectivity index (χ1n) is 10.9. The van der Waals surface area contributed by atoms with Crippen molar-refractivity contribution in [3.8, 4) is 39.1 Å². The molecule has 0 radical (unpaired) electrons. The third kappa shape index (κ3) is 5.22. The highest BCUT2D eigenvalue weighted by Gasteiger charge is 2.21. The zero-order chi connectivity index (χ0) is 24.4. The van der Waals surface area contributed by atoms with Crippen LogP contribution in [0.5, 0.6) is 5.75 Å². The van der Waals surface area contributed by atoms with E-state index in [0.717, 1.165) is 24.1 Å². The molecule has 178 valence electrons.